The molecule has 0 fully saturated rings. The third-order valence-corrected chi connectivity index (χ3v) is 2.30. The van der Waals surface area contributed by atoms with Gasteiger partial charge in [0, 0.05) is 0 Å². The highest BCUT2D eigenvalue weighted by atomic mass is 19.4. The Labute approximate surface area is 110 Å². The van der Waals surface area contributed by atoms with Gasteiger partial charge < -0.3 is 15.1 Å². The Morgan fingerprint density at radius 3 is 2.65 bits per heavy atom. The number of hydrogen-bond acceptors (Lipinski definition) is 6. The number of halogens is 3. The van der Waals surface area contributed by atoms with Crippen LogP contribution in [0.25, 0.3) is 0 Å². The number of hydrogen-bond donors (Lipinski definition) is 1. The van der Waals surface area contributed by atoms with E-state index in [9.17, 15) is 18.0 Å². The van der Waals surface area contributed by atoms with Gasteiger partial charge in [-0.25, -0.2) is 4.63 Å². The van der Waals surface area contributed by atoms with Crippen LogP contribution in [0.4, 0.5) is 19.0 Å². The molecule has 0 bridgehead atoms. The first kappa shape index (κ1) is 13.9. The number of amides is 1. The zero-order valence-electron chi connectivity index (χ0n) is 9.92. The van der Waals surface area contributed by atoms with Gasteiger partial charge in [0.1, 0.15) is 12.3 Å². The lowest BCUT2D eigenvalue weighted by molar-refractivity contribution is -0.142. The van der Waals surface area contributed by atoms with Gasteiger partial charge in [0.2, 0.25) is 11.5 Å². The molecule has 0 saturated carbocycles. The lowest BCUT2D eigenvalue weighted by atomic mass is 10.3. The van der Waals surface area contributed by atoms with E-state index >= 15 is 0 Å². The molecule has 2 aromatic rings. The van der Waals surface area contributed by atoms with Crippen molar-refractivity contribution in [1.29, 1.82) is 0 Å². The molecule has 0 aliphatic heterocycles. The lowest BCUT2D eigenvalue weighted by Gasteiger charge is -2.21. The highest BCUT2D eigenvalue weighted by Crippen LogP contribution is 2.20. The molecule has 2 rings (SSSR count). The molecule has 0 atom stereocenters. The van der Waals surface area contributed by atoms with E-state index < -0.39 is 24.3 Å². The molecule has 0 unspecified atom stereocenters. The predicted octanol–water partition coefficient (Wildman–Crippen LogP) is 1.45. The van der Waals surface area contributed by atoms with Gasteiger partial charge in [-0.05, 0) is 22.4 Å². The van der Waals surface area contributed by atoms with Crippen molar-refractivity contribution in [2.45, 2.75) is 12.7 Å². The van der Waals surface area contributed by atoms with Crippen LogP contribution in [0.15, 0.2) is 27.4 Å². The standard InChI is InChI=1S/C10H9F3N4O3/c11-10(12,13)5-17(4-6-2-1-3-19-6)9(18)7-8(14)16-20-15-7/h1-3H,4-5H2,(H2,14,16). The Bertz CT molecular complexity index is 579. The Balaban J connectivity index is 2.22. The normalized spacial score (nSPS) is 11.6. The van der Waals surface area contributed by atoms with Crippen molar-refractivity contribution in [3.63, 3.8) is 0 Å². The number of rotatable bonds is 4. The second-order valence-corrected chi connectivity index (χ2v) is 3.85. The van der Waals surface area contributed by atoms with Crippen LogP contribution in [0, 0.1) is 0 Å². The molecule has 10 heteroatoms. The van der Waals surface area contributed by atoms with Crippen molar-refractivity contribution in [3.8, 4) is 0 Å². The summed E-state index contributed by atoms with van der Waals surface area (Å²) < 4.78 is 46.7. The summed E-state index contributed by atoms with van der Waals surface area (Å²) in [5.74, 6) is -1.23. The van der Waals surface area contributed by atoms with Crippen molar-refractivity contribution in [3.05, 3.63) is 29.9 Å². The van der Waals surface area contributed by atoms with Gasteiger partial charge >= 0.3 is 6.18 Å². The van der Waals surface area contributed by atoms with Crippen molar-refractivity contribution in [1.82, 2.24) is 15.2 Å². The molecular weight excluding hydrogens is 281 g/mol. The molecule has 0 aromatic carbocycles. The van der Waals surface area contributed by atoms with Crippen LogP contribution in [0.1, 0.15) is 16.2 Å². The van der Waals surface area contributed by atoms with E-state index in [4.69, 9.17) is 10.2 Å². The van der Waals surface area contributed by atoms with Gasteiger partial charge in [-0.1, -0.05) is 0 Å². The molecule has 0 aliphatic rings. The summed E-state index contributed by atoms with van der Waals surface area (Å²) in [5, 5.41) is 6.35. The number of aromatic nitrogens is 2. The fourth-order valence-corrected chi connectivity index (χ4v) is 1.50. The SMILES string of the molecule is Nc1nonc1C(=O)N(Cc1ccco1)CC(F)(F)F. The highest BCUT2D eigenvalue weighted by molar-refractivity contribution is 5.96. The van der Waals surface area contributed by atoms with Gasteiger partial charge in [0.15, 0.2) is 0 Å². The summed E-state index contributed by atoms with van der Waals surface area (Å²) >= 11 is 0. The molecule has 2 N–H and O–H groups in total. The molecule has 0 saturated heterocycles. The summed E-state index contributed by atoms with van der Waals surface area (Å²) in [5.41, 5.74) is 4.83. The maximum atomic E-state index is 12.5. The fraction of sp³-hybridized carbons (Fsp3) is 0.300. The van der Waals surface area contributed by atoms with Gasteiger partial charge in [-0.3, -0.25) is 4.79 Å². The minimum absolute atomic E-state index is 0.192. The van der Waals surface area contributed by atoms with E-state index in [1.807, 2.05) is 0 Å². The summed E-state index contributed by atoms with van der Waals surface area (Å²) in [6, 6.07) is 2.94. The number of anilines is 1. The molecule has 108 valence electrons. The summed E-state index contributed by atoms with van der Waals surface area (Å²) in [7, 11) is 0. The number of nitrogens with zero attached hydrogens (tertiary/aromatic N) is 3. The molecule has 1 amide bonds. The molecule has 2 aromatic heterocycles. The molecule has 0 radical (unpaired) electrons. The molecule has 7 nitrogen and oxygen atoms in total. The molecule has 0 spiro atoms. The monoisotopic (exact) mass is 290 g/mol. The average Bonchev–Trinajstić information content (AvgIpc) is 2.97. The van der Waals surface area contributed by atoms with Gasteiger partial charge in [0.25, 0.3) is 5.91 Å². The second kappa shape index (κ2) is 5.23. The summed E-state index contributed by atoms with van der Waals surface area (Å²) in [6.07, 6.45) is -3.29. The molecule has 0 aliphatic carbocycles. The number of furan rings is 1. The minimum atomic E-state index is -4.58. The lowest BCUT2D eigenvalue weighted by Crippen LogP contribution is -2.38. The smallest absolute Gasteiger partial charge is 0.406 e. The quantitative estimate of drug-likeness (QED) is 0.915. The first-order valence-corrected chi connectivity index (χ1v) is 5.33. The topological polar surface area (TPSA) is 98.4 Å². The maximum Gasteiger partial charge on any atom is 0.406 e. The van der Waals surface area contributed by atoms with Gasteiger partial charge in [-0.15, -0.1) is 0 Å². The Morgan fingerprint density at radius 1 is 1.40 bits per heavy atom. The maximum absolute atomic E-state index is 12.5. The van der Waals surface area contributed by atoms with Crippen molar-refractivity contribution in [2.24, 2.45) is 0 Å². The summed E-state index contributed by atoms with van der Waals surface area (Å²) in [4.78, 5) is 12.5. The third-order valence-electron chi connectivity index (χ3n) is 2.30. The number of nitrogens with two attached hydrogens (primary N) is 1. The minimum Gasteiger partial charge on any atom is -0.467 e. The van der Waals surface area contributed by atoms with Crippen molar-refractivity contribution < 1.29 is 27.0 Å². The Morgan fingerprint density at radius 2 is 2.15 bits per heavy atom. The second-order valence-electron chi connectivity index (χ2n) is 3.85. The van der Waals surface area contributed by atoms with Gasteiger partial charge in [0.05, 0.1) is 12.8 Å². The Hall–Kier alpha value is -2.52. The number of carbonyl (C=O) groups is 1. The molecule has 2 heterocycles. The number of alkyl halides is 3. The van der Waals surface area contributed by atoms with Crippen LogP contribution in [-0.4, -0.2) is 33.8 Å². The van der Waals surface area contributed by atoms with E-state index in [0.29, 0.717) is 4.90 Å². The van der Waals surface area contributed by atoms with Crippen molar-refractivity contribution in [2.75, 3.05) is 12.3 Å². The van der Waals surface area contributed by atoms with Crippen LogP contribution >= 0.6 is 0 Å². The molecular formula is C10H9F3N4O3. The van der Waals surface area contributed by atoms with Crippen molar-refractivity contribution >= 4 is 11.7 Å². The molecule has 20 heavy (non-hydrogen) atoms. The first-order valence-electron chi connectivity index (χ1n) is 5.33. The zero-order chi connectivity index (χ0) is 14.8. The number of nitrogen functional groups attached to an aromatic ring is 1. The van der Waals surface area contributed by atoms with E-state index in [0.717, 1.165) is 0 Å². The summed E-state index contributed by atoms with van der Waals surface area (Å²) in [6.45, 7) is -1.85. The van der Waals surface area contributed by atoms with Crippen LogP contribution in [-0.2, 0) is 6.54 Å². The van der Waals surface area contributed by atoms with E-state index in [1.54, 1.807) is 0 Å². The van der Waals surface area contributed by atoms with E-state index in [-0.39, 0.29) is 18.1 Å². The largest absolute Gasteiger partial charge is 0.467 e. The van der Waals surface area contributed by atoms with Crippen LogP contribution < -0.4 is 5.73 Å². The first-order chi connectivity index (χ1) is 9.37. The van der Waals surface area contributed by atoms with Crippen LogP contribution in [0.5, 0.6) is 0 Å². The van der Waals surface area contributed by atoms with Gasteiger partial charge in [-0.2, -0.15) is 13.2 Å². The van der Waals surface area contributed by atoms with E-state index in [2.05, 4.69) is 14.9 Å². The fourth-order valence-electron chi connectivity index (χ4n) is 1.50. The van der Waals surface area contributed by atoms with E-state index in [1.165, 1.54) is 18.4 Å². The van der Waals surface area contributed by atoms with Crippen LogP contribution in [0.3, 0.4) is 0 Å². The number of carbonyl (C=O) groups excluding carboxylic acids is 1. The predicted molar refractivity (Wildman–Crippen MR) is 58.2 cm³/mol. The average molecular weight is 290 g/mol. The highest BCUT2D eigenvalue weighted by Gasteiger charge is 2.35. The zero-order valence-corrected chi connectivity index (χ0v) is 9.92. The third kappa shape index (κ3) is 3.28. The van der Waals surface area contributed by atoms with Crippen LogP contribution in [0.2, 0.25) is 0 Å². The Kier molecular flexibility index (Phi) is 3.63.